The molecule has 2 aromatic rings. The molecule has 0 radical (unpaired) electrons. The zero-order valence-electron chi connectivity index (χ0n) is 16.3. The van der Waals surface area contributed by atoms with E-state index in [1.807, 2.05) is 12.3 Å². The summed E-state index contributed by atoms with van der Waals surface area (Å²) in [7, 11) is 0. The van der Waals surface area contributed by atoms with Gasteiger partial charge in [0.25, 0.3) is 5.69 Å². The van der Waals surface area contributed by atoms with Crippen molar-refractivity contribution in [3.05, 3.63) is 45.0 Å². The second kappa shape index (κ2) is 9.46. The van der Waals surface area contributed by atoms with E-state index in [0.717, 1.165) is 11.4 Å². The minimum absolute atomic E-state index is 0.00158. The van der Waals surface area contributed by atoms with Crippen molar-refractivity contribution in [1.82, 2.24) is 4.98 Å². The standard InChI is InChI=1S/C19H23N5O4S/c1-3-28-18(25)14-6-8-23(9-7-14)17-5-4-16(24(26)27)10-15(17)11-20-22-19-21-13(2)12-29-19/h4-5,10-12,14H,3,6-9H2,1-2H3,(H,21,22). The molecule has 10 heteroatoms. The van der Waals surface area contributed by atoms with Gasteiger partial charge in [0.05, 0.1) is 29.4 Å². The van der Waals surface area contributed by atoms with E-state index < -0.39 is 4.92 Å². The maximum Gasteiger partial charge on any atom is 0.309 e. The molecule has 9 nitrogen and oxygen atoms in total. The summed E-state index contributed by atoms with van der Waals surface area (Å²) in [5.41, 5.74) is 5.23. The summed E-state index contributed by atoms with van der Waals surface area (Å²) in [5.74, 6) is -0.253. The Hall–Kier alpha value is -3.01. The van der Waals surface area contributed by atoms with E-state index in [1.165, 1.54) is 23.5 Å². The van der Waals surface area contributed by atoms with Gasteiger partial charge in [-0.25, -0.2) is 4.98 Å². The molecule has 29 heavy (non-hydrogen) atoms. The number of non-ortho nitro benzene ring substituents is 1. The van der Waals surface area contributed by atoms with Crippen molar-refractivity contribution in [2.75, 3.05) is 30.0 Å². The summed E-state index contributed by atoms with van der Waals surface area (Å²) in [6.45, 7) is 5.41. The Bertz CT molecular complexity index is 906. The molecule has 1 aliphatic heterocycles. The van der Waals surface area contributed by atoms with Crippen LogP contribution in [0.15, 0.2) is 28.7 Å². The van der Waals surface area contributed by atoms with Crippen molar-refractivity contribution < 1.29 is 14.5 Å². The molecular weight excluding hydrogens is 394 g/mol. The number of hydrazone groups is 1. The first-order valence-electron chi connectivity index (χ1n) is 9.39. The zero-order valence-corrected chi connectivity index (χ0v) is 17.1. The van der Waals surface area contributed by atoms with Crippen LogP contribution < -0.4 is 10.3 Å². The van der Waals surface area contributed by atoms with E-state index >= 15 is 0 Å². The minimum atomic E-state index is -0.425. The van der Waals surface area contributed by atoms with Gasteiger partial charge < -0.3 is 9.64 Å². The Morgan fingerprint density at radius 1 is 1.48 bits per heavy atom. The molecule has 1 saturated heterocycles. The predicted molar refractivity (Wildman–Crippen MR) is 113 cm³/mol. The molecular formula is C19H23N5O4S. The summed E-state index contributed by atoms with van der Waals surface area (Å²) in [5, 5.41) is 17.9. The Morgan fingerprint density at radius 3 is 2.86 bits per heavy atom. The number of esters is 1. The van der Waals surface area contributed by atoms with Crippen molar-refractivity contribution >= 4 is 40.0 Å². The number of carbonyl (C=O) groups is 1. The van der Waals surface area contributed by atoms with Crippen LogP contribution in [0.1, 0.15) is 31.0 Å². The van der Waals surface area contributed by atoms with Crippen LogP contribution in [0.5, 0.6) is 0 Å². The number of nitro benzene ring substituents is 1. The number of ether oxygens (including phenoxy) is 1. The highest BCUT2D eigenvalue weighted by Gasteiger charge is 2.27. The number of thiazole rings is 1. The van der Waals surface area contributed by atoms with E-state index in [0.29, 0.717) is 43.2 Å². The van der Waals surface area contributed by atoms with Gasteiger partial charge in [-0.2, -0.15) is 5.10 Å². The van der Waals surface area contributed by atoms with E-state index in [4.69, 9.17) is 4.74 Å². The number of carbonyl (C=O) groups excluding carboxylic acids is 1. The lowest BCUT2D eigenvalue weighted by molar-refractivity contribution is -0.384. The molecule has 0 aliphatic carbocycles. The number of benzene rings is 1. The number of hydrogen-bond donors (Lipinski definition) is 1. The third-order valence-corrected chi connectivity index (χ3v) is 5.53. The minimum Gasteiger partial charge on any atom is -0.466 e. The third-order valence-electron chi connectivity index (χ3n) is 4.66. The fourth-order valence-electron chi connectivity index (χ4n) is 3.23. The first-order chi connectivity index (χ1) is 14.0. The summed E-state index contributed by atoms with van der Waals surface area (Å²) in [6, 6.07) is 4.73. The first kappa shape index (κ1) is 20.7. The topological polar surface area (TPSA) is 110 Å². The van der Waals surface area contributed by atoms with Gasteiger partial charge >= 0.3 is 5.97 Å². The highest BCUT2D eigenvalue weighted by Crippen LogP contribution is 2.29. The molecule has 0 spiro atoms. The third kappa shape index (κ3) is 5.29. The van der Waals surface area contributed by atoms with Gasteiger partial charge in [0, 0.05) is 41.9 Å². The number of rotatable bonds is 7. The number of nitrogens with zero attached hydrogens (tertiary/aromatic N) is 4. The maximum absolute atomic E-state index is 12.0. The van der Waals surface area contributed by atoms with Gasteiger partial charge in [-0.3, -0.25) is 20.3 Å². The molecule has 0 bridgehead atoms. The quantitative estimate of drug-likeness (QED) is 0.317. The summed E-state index contributed by atoms with van der Waals surface area (Å²) >= 11 is 1.43. The zero-order chi connectivity index (χ0) is 20.8. The van der Waals surface area contributed by atoms with Crippen molar-refractivity contribution in [2.45, 2.75) is 26.7 Å². The number of hydrogen-bond acceptors (Lipinski definition) is 9. The van der Waals surface area contributed by atoms with E-state index in [-0.39, 0.29) is 17.6 Å². The van der Waals surface area contributed by atoms with Crippen LogP contribution in [0.4, 0.5) is 16.5 Å². The normalized spacial score (nSPS) is 14.9. The fraction of sp³-hybridized carbons (Fsp3) is 0.421. The molecule has 1 fully saturated rings. The molecule has 1 aliphatic rings. The van der Waals surface area contributed by atoms with Crippen molar-refractivity contribution in [3.8, 4) is 0 Å². The molecule has 1 aromatic heterocycles. The average molecular weight is 417 g/mol. The Morgan fingerprint density at radius 2 is 2.24 bits per heavy atom. The molecule has 1 N–H and O–H groups in total. The van der Waals surface area contributed by atoms with E-state index in [1.54, 1.807) is 19.2 Å². The molecule has 2 heterocycles. The number of nitrogens with one attached hydrogen (secondary N) is 1. The van der Waals surface area contributed by atoms with Crippen molar-refractivity contribution in [1.29, 1.82) is 0 Å². The van der Waals surface area contributed by atoms with Crippen molar-refractivity contribution in [2.24, 2.45) is 11.0 Å². The lowest BCUT2D eigenvalue weighted by Crippen LogP contribution is -2.37. The number of nitro groups is 1. The molecule has 0 atom stereocenters. The molecule has 1 aromatic carbocycles. The monoisotopic (exact) mass is 417 g/mol. The van der Waals surface area contributed by atoms with Crippen LogP contribution in [-0.4, -0.2) is 41.8 Å². The predicted octanol–water partition coefficient (Wildman–Crippen LogP) is 3.59. The smallest absolute Gasteiger partial charge is 0.309 e. The fourth-order valence-corrected chi connectivity index (χ4v) is 3.86. The number of aryl methyl sites for hydroxylation is 1. The Kier molecular flexibility index (Phi) is 6.76. The first-order valence-corrected chi connectivity index (χ1v) is 10.3. The average Bonchev–Trinajstić information content (AvgIpc) is 3.13. The Balaban J connectivity index is 1.75. The molecule has 0 amide bonds. The highest BCUT2D eigenvalue weighted by molar-refractivity contribution is 7.13. The van der Waals surface area contributed by atoms with Gasteiger partial charge in [0.1, 0.15) is 0 Å². The van der Waals surface area contributed by atoms with Gasteiger partial charge in [0.2, 0.25) is 5.13 Å². The highest BCUT2D eigenvalue weighted by atomic mass is 32.1. The van der Waals surface area contributed by atoms with Gasteiger partial charge in [-0.1, -0.05) is 0 Å². The van der Waals surface area contributed by atoms with Crippen LogP contribution in [0, 0.1) is 23.0 Å². The summed E-state index contributed by atoms with van der Waals surface area (Å²) < 4.78 is 5.12. The lowest BCUT2D eigenvalue weighted by atomic mass is 9.96. The van der Waals surface area contributed by atoms with Crippen LogP contribution >= 0.6 is 11.3 Å². The second-order valence-electron chi connectivity index (χ2n) is 6.68. The SMILES string of the molecule is CCOC(=O)C1CCN(c2ccc([N+](=O)[O-])cc2C=NNc2nc(C)cs2)CC1. The van der Waals surface area contributed by atoms with Crippen molar-refractivity contribution in [3.63, 3.8) is 0 Å². The van der Waals surface area contributed by atoms with Gasteiger partial charge in [0.15, 0.2) is 0 Å². The number of piperidine rings is 1. The van der Waals surface area contributed by atoms with Crippen LogP contribution in [-0.2, 0) is 9.53 Å². The molecule has 0 saturated carbocycles. The Labute approximate surface area is 172 Å². The number of aromatic nitrogens is 1. The molecule has 0 unspecified atom stereocenters. The van der Waals surface area contributed by atoms with Gasteiger partial charge in [-0.05, 0) is 32.8 Å². The molecule has 154 valence electrons. The molecule has 3 rings (SSSR count). The summed E-state index contributed by atoms with van der Waals surface area (Å²) in [6.07, 6.45) is 2.93. The maximum atomic E-state index is 12.0. The second-order valence-corrected chi connectivity index (χ2v) is 7.54. The van der Waals surface area contributed by atoms with E-state index in [2.05, 4.69) is 20.4 Å². The largest absolute Gasteiger partial charge is 0.466 e. The summed E-state index contributed by atoms with van der Waals surface area (Å²) in [4.78, 5) is 29.1. The van der Waals surface area contributed by atoms with E-state index in [9.17, 15) is 14.9 Å². The number of anilines is 2. The van der Waals surface area contributed by atoms with Crippen LogP contribution in [0.2, 0.25) is 0 Å². The van der Waals surface area contributed by atoms with Crippen LogP contribution in [0.3, 0.4) is 0 Å². The van der Waals surface area contributed by atoms with Gasteiger partial charge in [-0.15, -0.1) is 11.3 Å². The lowest BCUT2D eigenvalue weighted by Gasteiger charge is -2.33. The van der Waals surface area contributed by atoms with Crippen LogP contribution in [0.25, 0.3) is 0 Å².